The van der Waals surface area contributed by atoms with Crippen molar-refractivity contribution in [1.82, 2.24) is 20.0 Å². The predicted molar refractivity (Wildman–Crippen MR) is 124 cm³/mol. The number of aliphatic imine (C=N–C) groups is 1. The number of ether oxygens (including phenoxy) is 1. The topological polar surface area (TPSA) is 43.3 Å². The average Bonchev–Trinajstić information content (AvgIpc) is 2.63. The maximum Gasteiger partial charge on any atom is 0.194 e. The SMILES string of the molecule is CCNC(=NCC1CN(C)CCN1C)N(C)Cc1ccc(OCC)cc1.I. The lowest BCUT2D eigenvalue weighted by Gasteiger charge is -2.37. The summed E-state index contributed by atoms with van der Waals surface area (Å²) in [7, 11) is 6.48. The van der Waals surface area contributed by atoms with Crippen LogP contribution in [0.3, 0.4) is 0 Å². The molecule has 0 aliphatic carbocycles. The van der Waals surface area contributed by atoms with E-state index in [4.69, 9.17) is 9.73 Å². The minimum Gasteiger partial charge on any atom is -0.494 e. The third-order valence-corrected chi connectivity index (χ3v) is 4.78. The van der Waals surface area contributed by atoms with Gasteiger partial charge in [0.1, 0.15) is 5.75 Å². The lowest BCUT2D eigenvalue weighted by molar-refractivity contribution is 0.119. The highest BCUT2D eigenvalue weighted by Crippen LogP contribution is 2.13. The second kappa shape index (κ2) is 12.4. The van der Waals surface area contributed by atoms with Gasteiger partial charge in [-0.1, -0.05) is 12.1 Å². The standard InChI is InChI=1S/C20H35N5O.HI/c1-6-21-20(22-14-18-16-23(3)12-13-24(18)4)25(5)15-17-8-10-19(11-9-17)26-7-2;/h8-11,18H,6-7,12-16H2,1-5H3,(H,21,22);1H. The van der Waals surface area contributed by atoms with Crippen LogP contribution in [-0.2, 0) is 6.54 Å². The summed E-state index contributed by atoms with van der Waals surface area (Å²) in [6.07, 6.45) is 0. The molecule has 1 N–H and O–H groups in total. The van der Waals surface area contributed by atoms with E-state index in [1.165, 1.54) is 5.56 Å². The molecule has 1 aromatic rings. The van der Waals surface area contributed by atoms with Crippen LogP contribution >= 0.6 is 24.0 Å². The van der Waals surface area contributed by atoms with Crippen molar-refractivity contribution in [2.24, 2.45) is 4.99 Å². The second-order valence-electron chi connectivity index (χ2n) is 7.02. The van der Waals surface area contributed by atoms with Gasteiger partial charge in [0.15, 0.2) is 5.96 Å². The minimum atomic E-state index is 0. The van der Waals surface area contributed by atoms with E-state index in [1.807, 2.05) is 19.1 Å². The van der Waals surface area contributed by atoms with Crippen molar-refractivity contribution in [3.63, 3.8) is 0 Å². The Bertz CT molecular complexity index is 566. The number of nitrogens with zero attached hydrogens (tertiary/aromatic N) is 4. The first-order chi connectivity index (χ1) is 12.5. The summed E-state index contributed by atoms with van der Waals surface area (Å²) in [5, 5.41) is 3.42. The van der Waals surface area contributed by atoms with Crippen LogP contribution in [0.4, 0.5) is 0 Å². The molecule has 2 rings (SSSR count). The Hall–Kier alpha value is -1.06. The van der Waals surface area contributed by atoms with E-state index in [2.05, 4.69) is 60.2 Å². The van der Waals surface area contributed by atoms with Crippen LogP contribution in [0.2, 0.25) is 0 Å². The third-order valence-electron chi connectivity index (χ3n) is 4.78. The van der Waals surface area contributed by atoms with Crippen LogP contribution in [0.15, 0.2) is 29.3 Å². The predicted octanol–water partition coefficient (Wildman–Crippen LogP) is 2.35. The molecule has 1 fully saturated rings. The Kier molecular flexibility index (Phi) is 11.0. The largest absolute Gasteiger partial charge is 0.494 e. The molecule has 1 aromatic carbocycles. The van der Waals surface area contributed by atoms with E-state index in [0.717, 1.165) is 51.0 Å². The molecule has 154 valence electrons. The van der Waals surface area contributed by atoms with Crippen LogP contribution in [0.1, 0.15) is 19.4 Å². The van der Waals surface area contributed by atoms with Crippen LogP contribution in [0, 0.1) is 0 Å². The van der Waals surface area contributed by atoms with Gasteiger partial charge in [-0.05, 0) is 45.6 Å². The van der Waals surface area contributed by atoms with E-state index in [1.54, 1.807) is 0 Å². The Morgan fingerprint density at radius 2 is 1.93 bits per heavy atom. The molecular weight excluding hydrogens is 453 g/mol. The monoisotopic (exact) mass is 489 g/mol. The van der Waals surface area contributed by atoms with Crippen molar-refractivity contribution in [2.75, 3.05) is 60.5 Å². The third kappa shape index (κ3) is 7.83. The molecule has 6 nitrogen and oxygen atoms in total. The van der Waals surface area contributed by atoms with Gasteiger partial charge in [-0.15, -0.1) is 24.0 Å². The highest BCUT2D eigenvalue weighted by molar-refractivity contribution is 14.0. The fourth-order valence-electron chi connectivity index (χ4n) is 3.17. The summed E-state index contributed by atoms with van der Waals surface area (Å²) in [5.74, 6) is 1.88. The number of rotatable bonds is 7. The molecule has 1 heterocycles. The van der Waals surface area contributed by atoms with Crippen LogP contribution in [0.25, 0.3) is 0 Å². The summed E-state index contributed by atoms with van der Waals surface area (Å²) in [6, 6.07) is 8.78. The normalized spacial score (nSPS) is 18.7. The minimum absolute atomic E-state index is 0. The average molecular weight is 489 g/mol. The van der Waals surface area contributed by atoms with Gasteiger partial charge in [0.2, 0.25) is 0 Å². The van der Waals surface area contributed by atoms with Crippen molar-refractivity contribution in [2.45, 2.75) is 26.4 Å². The highest BCUT2D eigenvalue weighted by atomic mass is 127. The summed E-state index contributed by atoms with van der Waals surface area (Å²) >= 11 is 0. The van der Waals surface area contributed by atoms with Crippen molar-refractivity contribution < 1.29 is 4.74 Å². The fourth-order valence-corrected chi connectivity index (χ4v) is 3.17. The van der Waals surface area contributed by atoms with Gasteiger partial charge < -0.3 is 19.9 Å². The van der Waals surface area contributed by atoms with Gasteiger partial charge >= 0.3 is 0 Å². The first kappa shape index (κ1) is 24.0. The smallest absolute Gasteiger partial charge is 0.194 e. The number of hydrogen-bond acceptors (Lipinski definition) is 4. The molecule has 0 aromatic heterocycles. The zero-order chi connectivity index (χ0) is 18.9. The van der Waals surface area contributed by atoms with Crippen LogP contribution < -0.4 is 10.1 Å². The summed E-state index contributed by atoms with van der Waals surface area (Å²) < 4.78 is 5.52. The van der Waals surface area contributed by atoms with E-state index in [-0.39, 0.29) is 24.0 Å². The molecule has 27 heavy (non-hydrogen) atoms. The van der Waals surface area contributed by atoms with E-state index in [0.29, 0.717) is 12.6 Å². The van der Waals surface area contributed by atoms with Crippen molar-refractivity contribution >= 4 is 29.9 Å². The number of likely N-dealkylation sites (N-methyl/N-ethyl adjacent to an activating group) is 2. The van der Waals surface area contributed by atoms with Crippen LogP contribution in [0.5, 0.6) is 5.75 Å². The Morgan fingerprint density at radius 1 is 1.22 bits per heavy atom. The summed E-state index contributed by atoms with van der Waals surface area (Å²) in [4.78, 5) is 11.9. The molecule has 0 radical (unpaired) electrons. The van der Waals surface area contributed by atoms with Gasteiger partial charge in [0.05, 0.1) is 13.2 Å². The number of guanidine groups is 1. The molecule has 0 saturated carbocycles. The molecular formula is C20H36IN5O. The number of benzene rings is 1. The van der Waals surface area contributed by atoms with Crippen molar-refractivity contribution in [1.29, 1.82) is 0 Å². The van der Waals surface area contributed by atoms with Gasteiger partial charge in [-0.2, -0.15) is 0 Å². The number of nitrogens with one attached hydrogen (secondary N) is 1. The van der Waals surface area contributed by atoms with E-state index in [9.17, 15) is 0 Å². The maximum absolute atomic E-state index is 5.52. The lowest BCUT2D eigenvalue weighted by atomic mass is 10.2. The Morgan fingerprint density at radius 3 is 2.56 bits per heavy atom. The summed E-state index contributed by atoms with van der Waals surface area (Å²) in [6.45, 7) is 10.6. The maximum atomic E-state index is 5.52. The Labute approximate surface area is 182 Å². The van der Waals surface area contributed by atoms with Gasteiger partial charge in [0.25, 0.3) is 0 Å². The van der Waals surface area contributed by atoms with Crippen molar-refractivity contribution in [3.8, 4) is 5.75 Å². The fraction of sp³-hybridized carbons (Fsp3) is 0.650. The number of piperazine rings is 1. The first-order valence-corrected chi connectivity index (χ1v) is 9.63. The first-order valence-electron chi connectivity index (χ1n) is 9.63. The molecule has 0 bridgehead atoms. The molecule has 0 spiro atoms. The number of hydrogen-bond donors (Lipinski definition) is 1. The quantitative estimate of drug-likeness (QED) is 0.362. The highest BCUT2D eigenvalue weighted by Gasteiger charge is 2.22. The van der Waals surface area contributed by atoms with Gasteiger partial charge in [-0.25, -0.2) is 0 Å². The molecule has 0 amide bonds. The molecule has 1 saturated heterocycles. The van der Waals surface area contributed by atoms with Crippen LogP contribution in [-0.4, -0.2) is 87.2 Å². The van der Waals surface area contributed by atoms with Crippen molar-refractivity contribution in [3.05, 3.63) is 29.8 Å². The zero-order valence-corrected chi connectivity index (χ0v) is 19.8. The molecule has 7 heteroatoms. The zero-order valence-electron chi connectivity index (χ0n) is 17.4. The summed E-state index contributed by atoms with van der Waals surface area (Å²) in [5.41, 5.74) is 1.25. The lowest BCUT2D eigenvalue weighted by Crippen LogP contribution is -2.51. The van der Waals surface area contributed by atoms with E-state index < -0.39 is 0 Å². The van der Waals surface area contributed by atoms with E-state index >= 15 is 0 Å². The molecule has 1 unspecified atom stereocenters. The molecule has 1 aliphatic rings. The van der Waals surface area contributed by atoms with Gasteiger partial charge in [-0.3, -0.25) is 9.89 Å². The Balaban J connectivity index is 0.00000364. The molecule has 1 aliphatic heterocycles. The molecule has 1 atom stereocenters. The second-order valence-corrected chi connectivity index (χ2v) is 7.02. The number of halogens is 1. The van der Waals surface area contributed by atoms with Gasteiger partial charge in [0, 0.05) is 45.8 Å².